The first kappa shape index (κ1) is 23.5. The highest BCUT2D eigenvalue weighted by atomic mass is 32.1. The lowest BCUT2D eigenvalue weighted by Crippen LogP contribution is -2.27. The van der Waals surface area contributed by atoms with Crippen LogP contribution in [0.5, 0.6) is 5.75 Å². The monoisotopic (exact) mass is 467 g/mol. The summed E-state index contributed by atoms with van der Waals surface area (Å²) >= 11 is 0.542. The number of benzene rings is 2. The predicted molar refractivity (Wildman–Crippen MR) is 116 cm³/mol. The van der Waals surface area contributed by atoms with Gasteiger partial charge >= 0.3 is 6.18 Å². The van der Waals surface area contributed by atoms with E-state index in [-0.39, 0.29) is 22.9 Å². The molecule has 32 heavy (non-hydrogen) atoms. The van der Waals surface area contributed by atoms with Gasteiger partial charge in [-0.15, -0.1) is 11.3 Å². The van der Waals surface area contributed by atoms with Crippen LogP contribution in [0.4, 0.5) is 23.2 Å². The van der Waals surface area contributed by atoms with Gasteiger partial charge in [-0.05, 0) is 42.3 Å². The molecule has 0 radical (unpaired) electrons. The largest absolute Gasteiger partial charge is 0.496 e. The minimum Gasteiger partial charge on any atom is -0.496 e. The first-order valence-electron chi connectivity index (χ1n) is 9.56. The van der Waals surface area contributed by atoms with Crippen molar-refractivity contribution in [3.8, 4) is 16.3 Å². The summed E-state index contributed by atoms with van der Waals surface area (Å²) in [5.41, 5.74) is 0.643. The second kappa shape index (κ2) is 9.56. The van der Waals surface area contributed by atoms with Crippen molar-refractivity contribution < 1.29 is 27.1 Å². The Hall–Kier alpha value is -3.14. The average Bonchev–Trinajstić information content (AvgIpc) is 3.20. The van der Waals surface area contributed by atoms with Crippen molar-refractivity contribution >= 4 is 22.9 Å². The van der Waals surface area contributed by atoms with E-state index in [4.69, 9.17) is 4.74 Å². The Morgan fingerprint density at radius 1 is 1.19 bits per heavy atom. The van der Waals surface area contributed by atoms with Crippen LogP contribution >= 0.6 is 11.3 Å². The number of nitrogens with zero attached hydrogens (tertiary/aromatic N) is 2. The number of hydrogen-bond donors (Lipinski definition) is 1. The van der Waals surface area contributed by atoms with Crippen molar-refractivity contribution in [2.75, 3.05) is 32.6 Å². The van der Waals surface area contributed by atoms with E-state index in [1.54, 1.807) is 0 Å². The van der Waals surface area contributed by atoms with Gasteiger partial charge in [-0.2, -0.15) is 13.2 Å². The van der Waals surface area contributed by atoms with Crippen LogP contribution in [-0.4, -0.2) is 38.6 Å². The van der Waals surface area contributed by atoms with Crippen LogP contribution in [0.3, 0.4) is 0 Å². The van der Waals surface area contributed by atoms with Crippen LogP contribution in [0.1, 0.15) is 20.9 Å². The van der Waals surface area contributed by atoms with E-state index in [9.17, 15) is 22.4 Å². The molecular weight excluding hydrogens is 446 g/mol. The first-order valence-corrected chi connectivity index (χ1v) is 10.4. The summed E-state index contributed by atoms with van der Waals surface area (Å²) in [6, 6.07) is 11.1. The molecule has 0 bridgehead atoms. The Labute approximate surface area is 186 Å². The van der Waals surface area contributed by atoms with Crippen LogP contribution in [0.15, 0.2) is 42.5 Å². The molecular formula is C22H21F4N3O2S. The molecule has 0 unspecified atom stereocenters. The number of amides is 1. The Morgan fingerprint density at radius 3 is 2.59 bits per heavy atom. The van der Waals surface area contributed by atoms with Gasteiger partial charge in [-0.1, -0.05) is 12.1 Å². The van der Waals surface area contributed by atoms with Crippen LogP contribution in [0.2, 0.25) is 0 Å². The number of nitrogens with one attached hydrogen (secondary N) is 1. The van der Waals surface area contributed by atoms with Gasteiger partial charge in [-0.3, -0.25) is 4.79 Å². The standard InChI is InChI=1S/C22H21F4N3O2S/c1-29(2)15-6-4-5-13(11-15)9-10-27-20(30)18-19(22(24,25)26)28-21(32-18)16-12-14(23)7-8-17(16)31-3/h4-8,11-12H,9-10H2,1-3H3,(H,27,30). The average molecular weight is 467 g/mol. The van der Waals surface area contributed by atoms with Crippen molar-refractivity contribution in [3.05, 3.63) is 64.4 Å². The van der Waals surface area contributed by atoms with E-state index in [1.807, 2.05) is 43.3 Å². The summed E-state index contributed by atoms with van der Waals surface area (Å²) < 4.78 is 59.5. The smallest absolute Gasteiger partial charge is 0.435 e. The van der Waals surface area contributed by atoms with Gasteiger partial charge in [0.2, 0.25) is 0 Å². The minimum absolute atomic E-state index is 0.0440. The van der Waals surface area contributed by atoms with Crippen molar-refractivity contribution in [3.63, 3.8) is 0 Å². The summed E-state index contributed by atoms with van der Waals surface area (Å²) in [4.78, 5) is 17.5. The normalized spacial score (nSPS) is 11.3. The van der Waals surface area contributed by atoms with Crippen molar-refractivity contribution in [1.29, 1.82) is 0 Å². The van der Waals surface area contributed by atoms with Crippen molar-refractivity contribution in [2.24, 2.45) is 0 Å². The number of hydrogen-bond acceptors (Lipinski definition) is 5. The molecule has 1 heterocycles. The maximum Gasteiger partial charge on any atom is 0.435 e. The second-order valence-corrected chi connectivity index (χ2v) is 8.11. The quantitative estimate of drug-likeness (QED) is 0.496. The Bertz CT molecular complexity index is 1110. The molecule has 1 N–H and O–H groups in total. The van der Waals surface area contributed by atoms with Gasteiger partial charge in [0.1, 0.15) is 21.5 Å². The highest BCUT2D eigenvalue weighted by molar-refractivity contribution is 7.17. The van der Waals surface area contributed by atoms with Gasteiger partial charge in [0, 0.05) is 26.3 Å². The van der Waals surface area contributed by atoms with E-state index < -0.39 is 28.5 Å². The molecule has 5 nitrogen and oxygen atoms in total. The molecule has 2 aromatic carbocycles. The molecule has 3 rings (SSSR count). The molecule has 0 atom stereocenters. The summed E-state index contributed by atoms with van der Waals surface area (Å²) in [5.74, 6) is -1.39. The molecule has 1 aromatic heterocycles. The predicted octanol–water partition coefficient (Wildman–Crippen LogP) is 5.02. The third kappa shape index (κ3) is 5.37. The van der Waals surface area contributed by atoms with Crippen molar-refractivity contribution in [2.45, 2.75) is 12.6 Å². The summed E-state index contributed by atoms with van der Waals surface area (Å²) in [5, 5.41) is 2.37. The van der Waals surface area contributed by atoms with Crippen LogP contribution in [0, 0.1) is 5.82 Å². The molecule has 0 spiro atoms. The summed E-state index contributed by atoms with van der Waals surface area (Å²) in [7, 11) is 5.11. The maximum atomic E-state index is 13.7. The summed E-state index contributed by atoms with van der Waals surface area (Å²) in [6.07, 6.45) is -4.40. The fourth-order valence-corrected chi connectivity index (χ4v) is 4.04. The first-order chi connectivity index (χ1) is 15.1. The molecule has 0 saturated carbocycles. The van der Waals surface area contributed by atoms with Gasteiger partial charge in [-0.25, -0.2) is 9.37 Å². The topological polar surface area (TPSA) is 54.5 Å². The molecule has 3 aromatic rings. The zero-order valence-corrected chi connectivity index (χ0v) is 18.4. The number of thiazole rings is 1. The Kier molecular flexibility index (Phi) is 7.02. The molecule has 0 saturated heterocycles. The zero-order chi connectivity index (χ0) is 23.5. The van der Waals surface area contributed by atoms with E-state index in [0.29, 0.717) is 17.8 Å². The van der Waals surface area contributed by atoms with Gasteiger partial charge in [0.05, 0.1) is 12.7 Å². The van der Waals surface area contributed by atoms with E-state index in [0.717, 1.165) is 23.4 Å². The number of carbonyl (C=O) groups is 1. The zero-order valence-electron chi connectivity index (χ0n) is 17.6. The molecule has 0 aliphatic carbocycles. The molecule has 0 aliphatic heterocycles. The number of halogens is 4. The number of carbonyl (C=O) groups excluding carboxylic acids is 1. The molecule has 0 aliphatic rings. The number of ether oxygens (including phenoxy) is 1. The van der Waals surface area contributed by atoms with Crippen LogP contribution in [0.25, 0.3) is 10.6 Å². The van der Waals surface area contributed by atoms with Crippen LogP contribution in [-0.2, 0) is 12.6 Å². The molecule has 0 fully saturated rings. The Morgan fingerprint density at radius 2 is 1.94 bits per heavy atom. The Balaban J connectivity index is 1.83. The number of aromatic nitrogens is 1. The number of alkyl halides is 3. The highest BCUT2D eigenvalue weighted by Gasteiger charge is 2.40. The van der Waals surface area contributed by atoms with E-state index in [1.165, 1.54) is 13.2 Å². The maximum absolute atomic E-state index is 13.7. The number of anilines is 1. The van der Waals surface area contributed by atoms with Crippen LogP contribution < -0.4 is 15.0 Å². The lowest BCUT2D eigenvalue weighted by atomic mass is 10.1. The van der Waals surface area contributed by atoms with Gasteiger partial charge in [0.15, 0.2) is 5.69 Å². The molecule has 170 valence electrons. The molecule has 10 heteroatoms. The summed E-state index contributed by atoms with van der Waals surface area (Å²) in [6.45, 7) is 0.142. The molecule has 1 amide bonds. The second-order valence-electron chi connectivity index (χ2n) is 7.11. The lowest BCUT2D eigenvalue weighted by Gasteiger charge is -2.13. The third-order valence-corrected chi connectivity index (χ3v) is 5.71. The third-order valence-electron chi connectivity index (χ3n) is 4.62. The lowest BCUT2D eigenvalue weighted by molar-refractivity contribution is -0.141. The van der Waals surface area contributed by atoms with E-state index >= 15 is 0 Å². The SMILES string of the molecule is COc1ccc(F)cc1-c1nc(C(F)(F)F)c(C(=O)NCCc2cccc(N(C)C)c2)s1. The number of methoxy groups -OCH3 is 1. The fraction of sp³-hybridized carbons (Fsp3) is 0.273. The van der Waals surface area contributed by atoms with Crippen molar-refractivity contribution in [1.82, 2.24) is 10.3 Å². The highest BCUT2D eigenvalue weighted by Crippen LogP contribution is 2.40. The van der Waals surface area contributed by atoms with Gasteiger partial charge < -0.3 is 15.0 Å². The number of rotatable bonds is 7. The van der Waals surface area contributed by atoms with Gasteiger partial charge in [0.25, 0.3) is 5.91 Å². The fourth-order valence-electron chi connectivity index (χ4n) is 3.02. The minimum atomic E-state index is -4.85. The van der Waals surface area contributed by atoms with E-state index in [2.05, 4.69) is 10.3 Å².